The van der Waals surface area contributed by atoms with Crippen LogP contribution in [0.4, 0.5) is 10.2 Å². The van der Waals surface area contributed by atoms with Crippen molar-refractivity contribution in [2.45, 2.75) is 18.8 Å². The van der Waals surface area contributed by atoms with E-state index in [0.29, 0.717) is 31.6 Å². The van der Waals surface area contributed by atoms with Crippen molar-refractivity contribution < 1.29 is 13.9 Å². The van der Waals surface area contributed by atoms with Gasteiger partial charge in [-0.3, -0.25) is 9.08 Å². The number of ether oxygens (including phenoxy) is 2. The molecule has 9 heteroatoms. The molecule has 0 amide bonds. The van der Waals surface area contributed by atoms with Crippen LogP contribution in [-0.2, 0) is 19.9 Å². The van der Waals surface area contributed by atoms with Crippen LogP contribution in [0.1, 0.15) is 22.7 Å². The molecule has 1 atom stereocenters. The molecule has 1 aromatic carbocycles. The summed E-state index contributed by atoms with van der Waals surface area (Å²) < 4.78 is 30.8. The Morgan fingerprint density at radius 1 is 1.09 bits per heavy atom. The molecule has 0 fully saturated rings. The average Bonchev–Trinajstić information content (AvgIpc) is 3.50. The number of anilines is 1. The summed E-state index contributed by atoms with van der Waals surface area (Å²) in [6.07, 6.45) is 2.84. The van der Waals surface area contributed by atoms with Crippen molar-refractivity contribution in [2.24, 2.45) is 7.05 Å². The van der Waals surface area contributed by atoms with E-state index in [-0.39, 0.29) is 11.7 Å². The maximum absolute atomic E-state index is 14.8. The Morgan fingerprint density at radius 2 is 1.91 bits per heavy atom. The Bertz CT molecular complexity index is 1360. The second-order valence-corrected chi connectivity index (χ2v) is 8.56. The fourth-order valence-electron chi connectivity index (χ4n) is 4.78. The summed E-state index contributed by atoms with van der Waals surface area (Å²) >= 11 is 0. The maximum Gasteiger partial charge on any atom is 0.170 e. The number of pyridine rings is 1. The summed E-state index contributed by atoms with van der Waals surface area (Å²) in [6.45, 7) is 0.911. The average molecular weight is 434 g/mol. The lowest BCUT2D eigenvalue weighted by Gasteiger charge is -2.16. The number of aryl methyl sites for hydroxylation is 2. The molecular formula is C23H23FN6O2. The zero-order chi connectivity index (χ0) is 22.0. The third-order valence-electron chi connectivity index (χ3n) is 6.40. The van der Waals surface area contributed by atoms with Gasteiger partial charge in [-0.25, -0.2) is 4.39 Å². The molecule has 164 valence electrons. The molecule has 0 saturated carbocycles. The molecule has 32 heavy (non-hydrogen) atoms. The van der Waals surface area contributed by atoms with Gasteiger partial charge in [0.05, 0.1) is 30.5 Å². The third-order valence-corrected chi connectivity index (χ3v) is 6.40. The number of hydrogen-bond donors (Lipinski definition) is 0. The normalized spacial score (nSPS) is 17.1. The first-order chi connectivity index (χ1) is 15.5. The van der Waals surface area contributed by atoms with Crippen molar-refractivity contribution in [3.63, 3.8) is 0 Å². The minimum Gasteiger partial charge on any atom is -0.493 e. The van der Waals surface area contributed by atoms with E-state index in [0.717, 1.165) is 45.5 Å². The lowest BCUT2D eigenvalue weighted by atomic mass is 9.93. The van der Waals surface area contributed by atoms with Gasteiger partial charge in [0, 0.05) is 38.3 Å². The zero-order valence-electron chi connectivity index (χ0n) is 18.2. The predicted octanol–water partition coefficient (Wildman–Crippen LogP) is 2.99. The van der Waals surface area contributed by atoms with E-state index in [1.54, 1.807) is 12.4 Å². The predicted molar refractivity (Wildman–Crippen MR) is 117 cm³/mol. The van der Waals surface area contributed by atoms with E-state index in [9.17, 15) is 4.39 Å². The lowest BCUT2D eigenvalue weighted by Crippen LogP contribution is -2.13. The Balaban J connectivity index is 1.51. The monoisotopic (exact) mass is 434 g/mol. The molecule has 0 unspecified atom stereocenters. The van der Waals surface area contributed by atoms with Gasteiger partial charge in [0.15, 0.2) is 11.5 Å². The summed E-state index contributed by atoms with van der Waals surface area (Å²) in [4.78, 5) is 1.96. The summed E-state index contributed by atoms with van der Waals surface area (Å²) in [5.41, 5.74) is 5.12. The van der Waals surface area contributed by atoms with Gasteiger partial charge < -0.3 is 14.4 Å². The lowest BCUT2D eigenvalue weighted by molar-refractivity contribution is 0.246. The van der Waals surface area contributed by atoms with Gasteiger partial charge in [0.1, 0.15) is 23.6 Å². The number of nitrogens with zero attached hydrogens (tertiary/aromatic N) is 6. The summed E-state index contributed by atoms with van der Waals surface area (Å²) in [5.74, 6) is 2.18. The maximum atomic E-state index is 14.8. The molecule has 4 aromatic rings. The number of hydrogen-bond acceptors (Lipinski definition) is 6. The number of benzene rings is 1. The van der Waals surface area contributed by atoms with Crippen molar-refractivity contribution in [3.05, 3.63) is 53.2 Å². The van der Waals surface area contributed by atoms with Crippen molar-refractivity contribution >= 4 is 11.5 Å². The van der Waals surface area contributed by atoms with E-state index in [2.05, 4.69) is 15.3 Å². The van der Waals surface area contributed by atoms with Crippen LogP contribution in [0.25, 0.3) is 16.9 Å². The highest BCUT2D eigenvalue weighted by molar-refractivity contribution is 5.78. The minimum absolute atomic E-state index is 0.00115. The van der Waals surface area contributed by atoms with Crippen molar-refractivity contribution in [1.29, 1.82) is 0 Å². The summed E-state index contributed by atoms with van der Waals surface area (Å²) in [5, 5.41) is 13.1. The quantitative estimate of drug-likeness (QED) is 0.483. The van der Waals surface area contributed by atoms with Crippen LogP contribution < -0.4 is 14.4 Å². The molecule has 0 spiro atoms. The van der Waals surface area contributed by atoms with E-state index < -0.39 is 0 Å². The molecule has 0 N–H and O–H groups in total. The van der Waals surface area contributed by atoms with E-state index in [1.165, 1.54) is 6.07 Å². The molecular weight excluding hydrogens is 411 g/mol. The number of aromatic nitrogens is 5. The topological polar surface area (TPSA) is 69.7 Å². The first-order valence-corrected chi connectivity index (χ1v) is 10.7. The summed E-state index contributed by atoms with van der Waals surface area (Å²) in [6, 6.07) is 7.26. The number of halogens is 1. The molecule has 0 bridgehead atoms. The Hall–Kier alpha value is -3.62. The number of rotatable bonds is 2. The highest BCUT2D eigenvalue weighted by Crippen LogP contribution is 2.41. The van der Waals surface area contributed by atoms with Gasteiger partial charge in [0.25, 0.3) is 0 Å². The first-order valence-electron chi connectivity index (χ1n) is 10.7. The van der Waals surface area contributed by atoms with E-state index >= 15 is 0 Å². The van der Waals surface area contributed by atoms with E-state index in [4.69, 9.17) is 9.47 Å². The highest BCUT2D eigenvalue weighted by Gasteiger charge is 2.32. The third kappa shape index (κ3) is 2.77. The smallest absolute Gasteiger partial charge is 0.170 e. The SMILES string of the molecule is CN(C)c1cc(-c2cc3c(n4cnnc24)CCc2c(F)ccc4c2[C@H](CO4)CO3)n(C)n1. The van der Waals surface area contributed by atoms with Crippen molar-refractivity contribution in [3.8, 4) is 22.8 Å². The van der Waals surface area contributed by atoms with Crippen LogP contribution >= 0.6 is 0 Å². The Morgan fingerprint density at radius 3 is 2.69 bits per heavy atom. The number of fused-ring (bicyclic) bond motifs is 3. The van der Waals surface area contributed by atoms with Crippen LogP contribution in [-0.4, -0.2) is 51.7 Å². The molecule has 2 aliphatic rings. The van der Waals surface area contributed by atoms with Crippen LogP contribution in [0.2, 0.25) is 0 Å². The molecule has 3 aromatic heterocycles. The molecule has 0 saturated heterocycles. The van der Waals surface area contributed by atoms with Crippen molar-refractivity contribution in [1.82, 2.24) is 24.4 Å². The van der Waals surface area contributed by atoms with Crippen LogP contribution in [0.15, 0.2) is 30.6 Å². The zero-order valence-corrected chi connectivity index (χ0v) is 18.2. The molecule has 2 aliphatic heterocycles. The van der Waals surface area contributed by atoms with Gasteiger partial charge in [-0.05, 0) is 36.6 Å². The summed E-state index contributed by atoms with van der Waals surface area (Å²) in [7, 11) is 5.83. The van der Waals surface area contributed by atoms with Gasteiger partial charge in [0.2, 0.25) is 0 Å². The molecule has 8 nitrogen and oxygen atoms in total. The minimum atomic E-state index is -0.189. The van der Waals surface area contributed by atoms with Crippen LogP contribution in [0.5, 0.6) is 11.5 Å². The molecule has 6 rings (SSSR count). The van der Waals surface area contributed by atoms with Gasteiger partial charge in [-0.15, -0.1) is 10.2 Å². The second kappa shape index (κ2) is 6.94. The van der Waals surface area contributed by atoms with Gasteiger partial charge >= 0.3 is 0 Å². The first kappa shape index (κ1) is 19.1. The van der Waals surface area contributed by atoms with Gasteiger partial charge in [-0.2, -0.15) is 5.10 Å². The van der Waals surface area contributed by atoms with Crippen LogP contribution in [0.3, 0.4) is 0 Å². The Labute approximate surface area is 184 Å². The largest absolute Gasteiger partial charge is 0.493 e. The Kier molecular flexibility index (Phi) is 4.14. The van der Waals surface area contributed by atoms with Crippen LogP contribution in [0, 0.1) is 5.82 Å². The highest BCUT2D eigenvalue weighted by atomic mass is 19.1. The fraction of sp³-hybridized carbons (Fsp3) is 0.348. The van der Waals surface area contributed by atoms with E-state index in [1.807, 2.05) is 47.3 Å². The van der Waals surface area contributed by atoms with Crippen molar-refractivity contribution in [2.75, 3.05) is 32.2 Å². The molecule has 0 aliphatic carbocycles. The fourth-order valence-corrected chi connectivity index (χ4v) is 4.78. The second-order valence-electron chi connectivity index (χ2n) is 8.56. The molecule has 0 radical (unpaired) electrons. The molecule has 5 heterocycles. The van der Waals surface area contributed by atoms with Gasteiger partial charge in [-0.1, -0.05) is 0 Å². The standard InChI is InChI=1S/C23H23FN6O2/c1-28(2)21-9-18(29(3)27-21)15-8-20-17(30-12-25-26-23(15)30)6-4-14-16(24)5-7-19-22(14)13(10-31-19)11-32-20/h5,7-9,12-13H,4,6,10-11H2,1-3H3/t13-/m1/s1.